The molecular weight excluding hydrogens is 236 g/mol. The molecule has 0 radical (unpaired) electrons. The third kappa shape index (κ3) is 3.35. The van der Waals surface area contributed by atoms with Crippen molar-refractivity contribution in [3.8, 4) is 0 Å². The largest absolute Gasteiger partial charge is 0.378 e. The van der Waals surface area contributed by atoms with E-state index >= 15 is 0 Å². The molecule has 106 valence electrons. The van der Waals surface area contributed by atoms with Crippen LogP contribution in [0.2, 0.25) is 0 Å². The molecule has 3 nitrogen and oxygen atoms in total. The van der Waals surface area contributed by atoms with Crippen LogP contribution in [0.15, 0.2) is 30.3 Å². The summed E-state index contributed by atoms with van der Waals surface area (Å²) < 4.78 is 5.80. The average Bonchev–Trinajstić information content (AvgIpc) is 2.48. The van der Waals surface area contributed by atoms with Gasteiger partial charge in [-0.05, 0) is 31.9 Å². The fraction of sp³-hybridized carbons (Fsp3) is 0.625. The Kier molecular flexibility index (Phi) is 4.97. The fourth-order valence-corrected chi connectivity index (χ4v) is 2.98. The van der Waals surface area contributed by atoms with Crippen LogP contribution in [-0.4, -0.2) is 36.7 Å². The van der Waals surface area contributed by atoms with E-state index < -0.39 is 0 Å². The number of nitrogens with two attached hydrogens (primary N) is 1. The Labute approximate surface area is 116 Å². The highest BCUT2D eigenvalue weighted by Crippen LogP contribution is 2.31. The minimum atomic E-state index is 0.0920. The number of nitrogens with zero attached hydrogens (tertiary/aromatic N) is 1. The predicted octanol–water partition coefficient (Wildman–Crippen LogP) is 2.40. The van der Waals surface area contributed by atoms with Crippen molar-refractivity contribution >= 4 is 0 Å². The van der Waals surface area contributed by atoms with Gasteiger partial charge in [0.15, 0.2) is 0 Å². The molecule has 0 aromatic heterocycles. The molecule has 0 bridgehead atoms. The van der Waals surface area contributed by atoms with Crippen LogP contribution in [0.5, 0.6) is 0 Å². The maximum atomic E-state index is 6.11. The third-order valence-electron chi connectivity index (χ3n) is 4.44. The number of likely N-dealkylation sites (N-methyl/N-ethyl adjacent to an activating group) is 1. The quantitative estimate of drug-likeness (QED) is 0.885. The highest BCUT2D eigenvalue weighted by atomic mass is 16.5. The molecule has 2 rings (SSSR count). The molecule has 2 atom stereocenters. The number of hydrogen-bond acceptors (Lipinski definition) is 3. The summed E-state index contributed by atoms with van der Waals surface area (Å²) in [7, 11) is 2.19. The Morgan fingerprint density at radius 1 is 1.37 bits per heavy atom. The number of ether oxygens (including phenoxy) is 1. The summed E-state index contributed by atoms with van der Waals surface area (Å²) in [5, 5.41) is 0. The lowest BCUT2D eigenvalue weighted by atomic mass is 9.84. The Bertz CT molecular complexity index is 382. The Morgan fingerprint density at radius 3 is 2.74 bits per heavy atom. The van der Waals surface area contributed by atoms with Crippen molar-refractivity contribution in [2.75, 3.05) is 20.2 Å². The van der Waals surface area contributed by atoms with Crippen molar-refractivity contribution in [2.24, 2.45) is 5.73 Å². The molecule has 3 heteroatoms. The first-order valence-corrected chi connectivity index (χ1v) is 7.27. The Balaban J connectivity index is 2.07. The van der Waals surface area contributed by atoms with Gasteiger partial charge in [-0.1, -0.05) is 37.3 Å². The summed E-state index contributed by atoms with van der Waals surface area (Å²) in [5.41, 5.74) is 7.55. The molecule has 1 fully saturated rings. The second-order valence-corrected chi connectivity index (χ2v) is 5.63. The molecular formula is C16H26N2O. The Morgan fingerprint density at radius 2 is 2.11 bits per heavy atom. The molecule has 1 aliphatic rings. The lowest BCUT2D eigenvalue weighted by molar-refractivity contribution is -0.0671. The average molecular weight is 262 g/mol. The predicted molar refractivity (Wildman–Crippen MR) is 79.0 cm³/mol. The number of hydrogen-bond donors (Lipinski definition) is 1. The van der Waals surface area contributed by atoms with Crippen LogP contribution in [0.3, 0.4) is 0 Å². The van der Waals surface area contributed by atoms with Crippen molar-refractivity contribution in [3.05, 3.63) is 35.9 Å². The van der Waals surface area contributed by atoms with E-state index in [9.17, 15) is 0 Å². The second kappa shape index (κ2) is 6.51. The topological polar surface area (TPSA) is 38.5 Å². The zero-order chi connectivity index (χ0) is 13.7. The van der Waals surface area contributed by atoms with Gasteiger partial charge in [-0.3, -0.25) is 4.90 Å². The van der Waals surface area contributed by atoms with Crippen LogP contribution in [0.1, 0.15) is 31.7 Å². The third-order valence-corrected chi connectivity index (χ3v) is 4.44. The van der Waals surface area contributed by atoms with Crippen LogP contribution in [-0.2, 0) is 11.3 Å². The lowest BCUT2D eigenvalue weighted by Gasteiger charge is -2.46. The molecule has 1 aromatic rings. The maximum absolute atomic E-state index is 6.11. The van der Waals surface area contributed by atoms with E-state index in [1.165, 1.54) is 5.56 Å². The van der Waals surface area contributed by atoms with Gasteiger partial charge in [0.1, 0.15) is 0 Å². The van der Waals surface area contributed by atoms with E-state index in [-0.39, 0.29) is 5.54 Å². The Hall–Kier alpha value is -0.900. The van der Waals surface area contributed by atoms with Crippen molar-refractivity contribution in [2.45, 2.75) is 44.4 Å². The summed E-state index contributed by atoms with van der Waals surface area (Å²) in [6.45, 7) is 4.67. The second-order valence-electron chi connectivity index (χ2n) is 5.63. The fourth-order valence-electron chi connectivity index (χ4n) is 2.98. The number of benzene rings is 1. The van der Waals surface area contributed by atoms with E-state index in [2.05, 4.69) is 49.2 Å². The van der Waals surface area contributed by atoms with Crippen LogP contribution in [0.4, 0.5) is 0 Å². The summed E-state index contributed by atoms with van der Waals surface area (Å²) in [6, 6.07) is 10.6. The van der Waals surface area contributed by atoms with Gasteiger partial charge in [-0.25, -0.2) is 0 Å². The molecule has 0 amide bonds. The van der Waals surface area contributed by atoms with Crippen molar-refractivity contribution in [1.82, 2.24) is 4.90 Å². The zero-order valence-electron chi connectivity index (χ0n) is 12.1. The molecule has 19 heavy (non-hydrogen) atoms. The SMILES string of the molecule is CCC1CC(CN)(N(C)Cc2ccccc2)CCO1. The van der Waals surface area contributed by atoms with E-state index in [1.54, 1.807) is 0 Å². The highest BCUT2D eigenvalue weighted by Gasteiger charge is 2.38. The molecule has 1 saturated heterocycles. The first-order chi connectivity index (χ1) is 9.20. The van der Waals surface area contributed by atoms with Gasteiger partial charge < -0.3 is 10.5 Å². The monoisotopic (exact) mass is 262 g/mol. The molecule has 1 heterocycles. The van der Waals surface area contributed by atoms with Gasteiger partial charge in [0.2, 0.25) is 0 Å². The summed E-state index contributed by atoms with van der Waals surface area (Å²) in [4.78, 5) is 2.42. The number of rotatable bonds is 5. The highest BCUT2D eigenvalue weighted by molar-refractivity contribution is 5.15. The minimum absolute atomic E-state index is 0.0920. The minimum Gasteiger partial charge on any atom is -0.378 e. The molecule has 2 unspecified atom stereocenters. The van der Waals surface area contributed by atoms with Gasteiger partial charge in [0, 0.05) is 25.2 Å². The van der Waals surface area contributed by atoms with Crippen LogP contribution in [0.25, 0.3) is 0 Å². The molecule has 2 N–H and O–H groups in total. The summed E-state index contributed by atoms with van der Waals surface area (Å²) in [6.07, 6.45) is 3.50. The van der Waals surface area contributed by atoms with E-state index in [4.69, 9.17) is 10.5 Å². The van der Waals surface area contributed by atoms with E-state index in [0.717, 1.165) is 32.4 Å². The smallest absolute Gasteiger partial charge is 0.0590 e. The summed E-state index contributed by atoms with van der Waals surface area (Å²) >= 11 is 0. The normalized spacial score (nSPS) is 27.7. The maximum Gasteiger partial charge on any atom is 0.0590 e. The van der Waals surface area contributed by atoms with Crippen molar-refractivity contribution in [3.63, 3.8) is 0 Å². The standard InChI is InChI=1S/C16H26N2O/c1-3-15-11-16(13-17,9-10-19-15)18(2)12-14-7-5-4-6-8-14/h4-8,15H,3,9-13,17H2,1-2H3. The van der Waals surface area contributed by atoms with Gasteiger partial charge >= 0.3 is 0 Å². The van der Waals surface area contributed by atoms with Crippen molar-refractivity contribution in [1.29, 1.82) is 0 Å². The van der Waals surface area contributed by atoms with Crippen LogP contribution < -0.4 is 5.73 Å². The molecule has 1 aliphatic heterocycles. The van der Waals surface area contributed by atoms with Crippen LogP contribution in [0, 0.1) is 0 Å². The van der Waals surface area contributed by atoms with Crippen LogP contribution >= 0.6 is 0 Å². The molecule has 1 aromatic carbocycles. The van der Waals surface area contributed by atoms with Crippen molar-refractivity contribution < 1.29 is 4.74 Å². The molecule has 0 aliphatic carbocycles. The van der Waals surface area contributed by atoms with E-state index in [1.807, 2.05) is 0 Å². The molecule has 0 saturated carbocycles. The van der Waals surface area contributed by atoms with Gasteiger partial charge in [-0.2, -0.15) is 0 Å². The van der Waals surface area contributed by atoms with Gasteiger partial charge in [-0.15, -0.1) is 0 Å². The summed E-state index contributed by atoms with van der Waals surface area (Å²) in [5.74, 6) is 0. The first-order valence-electron chi connectivity index (χ1n) is 7.27. The van der Waals surface area contributed by atoms with Gasteiger partial charge in [0.25, 0.3) is 0 Å². The van der Waals surface area contributed by atoms with Gasteiger partial charge in [0.05, 0.1) is 6.10 Å². The first kappa shape index (κ1) is 14.5. The molecule has 0 spiro atoms. The lowest BCUT2D eigenvalue weighted by Crippen LogP contribution is -2.56. The zero-order valence-corrected chi connectivity index (χ0v) is 12.1. The van der Waals surface area contributed by atoms with E-state index in [0.29, 0.717) is 12.6 Å².